The maximum atomic E-state index is 11.9. The fraction of sp³-hybridized carbons (Fsp3) is 0.125. The van der Waals surface area contributed by atoms with E-state index in [0.29, 0.717) is 15.3 Å². The highest BCUT2D eigenvalue weighted by Gasteiger charge is 2.09. The molecule has 2 aromatic heterocycles. The summed E-state index contributed by atoms with van der Waals surface area (Å²) >= 11 is 8.59. The minimum Gasteiger partial charge on any atom is -0.301 e. The highest BCUT2D eigenvalue weighted by molar-refractivity contribution is 7.99. The lowest BCUT2D eigenvalue weighted by Crippen LogP contribution is -2.14. The smallest absolute Gasteiger partial charge is 0.236 e. The van der Waals surface area contributed by atoms with E-state index < -0.39 is 0 Å². The molecule has 0 bridgehead atoms. The summed E-state index contributed by atoms with van der Waals surface area (Å²) in [7, 11) is 0. The van der Waals surface area contributed by atoms with Gasteiger partial charge in [0, 0.05) is 27.9 Å². The van der Waals surface area contributed by atoms with Crippen molar-refractivity contribution in [2.45, 2.75) is 12.1 Å². The average Bonchev–Trinajstić information content (AvgIpc) is 3.06. The van der Waals surface area contributed by atoms with E-state index in [9.17, 15) is 4.79 Å². The molecule has 0 spiro atoms. The minimum atomic E-state index is -0.131. The average molecular weight is 377 g/mol. The van der Waals surface area contributed by atoms with Crippen molar-refractivity contribution in [2.24, 2.45) is 0 Å². The van der Waals surface area contributed by atoms with Gasteiger partial charge in [0.1, 0.15) is 0 Å². The van der Waals surface area contributed by atoms with Crippen LogP contribution in [0.5, 0.6) is 0 Å². The first kappa shape index (κ1) is 16.9. The van der Waals surface area contributed by atoms with E-state index in [-0.39, 0.29) is 11.7 Å². The third-order valence-electron chi connectivity index (χ3n) is 2.98. The predicted molar refractivity (Wildman–Crippen MR) is 98.7 cm³/mol. The molecular formula is C16H13ClN4OS2. The molecule has 0 radical (unpaired) electrons. The summed E-state index contributed by atoms with van der Waals surface area (Å²) in [6.07, 6.45) is 1.65. The zero-order valence-electron chi connectivity index (χ0n) is 12.7. The number of amides is 1. The Morgan fingerprint density at radius 1 is 1.29 bits per heavy atom. The number of carbonyl (C=O) groups is 1. The Morgan fingerprint density at radius 3 is 2.79 bits per heavy atom. The molecule has 3 rings (SSSR count). The highest BCUT2D eigenvalue weighted by atomic mass is 35.5. The fourth-order valence-corrected chi connectivity index (χ4v) is 3.32. The second-order valence-corrected chi connectivity index (χ2v) is 7.13. The zero-order valence-corrected chi connectivity index (χ0v) is 15.1. The van der Waals surface area contributed by atoms with Gasteiger partial charge < -0.3 is 5.32 Å². The first-order valence-electron chi connectivity index (χ1n) is 7.04. The van der Waals surface area contributed by atoms with Crippen LogP contribution in [0.2, 0.25) is 5.02 Å². The Balaban J connectivity index is 1.69. The SMILES string of the molecule is Cc1cc(-c2ccc(Cl)cc2)nc(SCC(=O)Nc2nccs2)n1. The second kappa shape index (κ2) is 7.74. The number of carbonyl (C=O) groups excluding carboxylic acids is 1. The largest absolute Gasteiger partial charge is 0.301 e. The van der Waals surface area contributed by atoms with Crippen molar-refractivity contribution in [1.82, 2.24) is 15.0 Å². The Bertz CT molecular complexity index is 838. The molecule has 0 unspecified atom stereocenters. The van der Waals surface area contributed by atoms with Crippen molar-refractivity contribution in [3.8, 4) is 11.3 Å². The first-order valence-corrected chi connectivity index (χ1v) is 9.28. The number of nitrogens with one attached hydrogen (secondary N) is 1. The van der Waals surface area contributed by atoms with E-state index >= 15 is 0 Å². The third-order valence-corrected chi connectivity index (χ3v) is 4.77. The maximum absolute atomic E-state index is 11.9. The van der Waals surface area contributed by atoms with Gasteiger partial charge in [0.25, 0.3) is 0 Å². The molecular weight excluding hydrogens is 364 g/mol. The molecule has 0 saturated heterocycles. The molecule has 3 aromatic rings. The topological polar surface area (TPSA) is 67.8 Å². The molecule has 1 aromatic carbocycles. The summed E-state index contributed by atoms with van der Waals surface area (Å²) < 4.78 is 0. The van der Waals surface area contributed by atoms with Crippen LogP contribution in [-0.2, 0) is 4.79 Å². The molecule has 1 N–H and O–H groups in total. The summed E-state index contributed by atoms with van der Waals surface area (Å²) in [5.41, 5.74) is 2.61. The Hall–Kier alpha value is -1.96. The van der Waals surface area contributed by atoms with Crippen LogP contribution in [0.1, 0.15) is 5.69 Å². The van der Waals surface area contributed by atoms with Crippen molar-refractivity contribution in [2.75, 3.05) is 11.1 Å². The van der Waals surface area contributed by atoms with Gasteiger partial charge in [0.15, 0.2) is 10.3 Å². The molecule has 0 atom stereocenters. The number of halogens is 1. The summed E-state index contributed by atoms with van der Waals surface area (Å²) in [4.78, 5) is 24.8. The molecule has 0 aliphatic carbocycles. The van der Waals surface area contributed by atoms with Gasteiger partial charge in [-0.05, 0) is 25.1 Å². The quantitative estimate of drug-likeness (QED) is 0.531. The molecule has 24 heavy (non-hydrogen) atoms. The van der Waals surface area contributed by atoms with Gasteiger partial charge in [-0.3, -0.25) is 4.79 Å². The maximum Gasteiger partial charge on any atom is 0.236 e. The zero-order chi connectivity index (χ0) is 16.9. The van der Waals surface area contributed by atoms with Gasteiger partial charge in [-0.1, -0.05) is 35.5 Å². The van der Waals surface area contributed by atoms with Crippen LogP contribution in [0.15, 0.2) is 47.1 Å². The van der Waals surface area contributed by atoms with Crippen LogP contribution in [0.3, 0.4) is 0 Å². The highest BCUT2D eigenvalue weighted by Crippen LogP contribution is 2.23. The van der Waals surface area contributed by atoms with E-state index in [4.69, 9.17) is 11.6 Å². The summed E-state index contributed by atoms with van der Waals surface area (Å²) in [6, 6.07) is 9.37. The van der Waals surface area contributed by atoms with E-state index in [2.05, 4.69) is 20.3 Å². The molecule has 0 aliphatic heterocycles. The number of aromatic nitrogens is 3. The van der Waals surface area contributed by atoms with Crippen LogP contribution in [-0.4, -0.2) is 26.6 Å². The lowest BCUT2D eigenvalue weighted by Gasteiger charge is -2.06. The van der Waals surface area contributed by atoms with Crippen molar-refractivity contribution in [3.63, 3.8) is 0 Å². The van der Waals surface area contributed by atoms with Gasteiger partial charge in [0.2, 0.25) is 5.91 Å². The summed E-state index contributed by atoms with van der Waals surface area (Å²) in [5, 5.41) is 6.38. The summed E-state index contributed by atoms with van der Waals surface area (Å²) in [6.45, 7) is 1.90. The van der Waals surface area contributed by atoms with Crippen LogP contribution < -0.4 is 5.32 Å². The van der Waals surface area contributed by atoms with E-state index in [1.165, 1.54) is 23.1 Å². The van der Waals surface area contributed by atoms with Crippen LogP contribution in [0.25, 0.3) is 11.3 Å². The number of aryl methyl sites for hydroxylation is 1. The predicted octanol–water partition coefficient (Wildman–Crippen LogP) is 4.29. The Morgan fingerprint density at radius 2 is 2.08 bits per heavy atom. The Labute approximate surface area is 152 Å². The van der Waals surface area contributed by atoms with E-state index in [1.54, 1.807) is 6.20 Å². The number of thioether (sulfide) groups is 1. The number of benzene rings is 1. The fourth-order valence-electron chi connectivity index (χ4n) is 1.95. The lowest BCUT2D eigenvalue weighted by atomic mass is 10.1. The first-order chi connectivity index (χ1) is 11.6. The summed E-state index contributed by atoms with van der Waals surface area (Å²) in [5.74, 6) is 0.0939. The van der Waals surface area contributed by atoms with Gasteiger partial charge in [-0.2, -0.15) is 0 Å². The van der Waals surface area contributed by atoms with Gasteiger partial charge in [-0.15, -0.1) is 11.3 Å². The van der Waals surface area contributed by atoms with Gasteiger partial charge in [0.05, 0.1) is 11.4 Å². The second-order valence-electron chi connectivity index (χ2n) is 4.86. The molecule has 8 heteroatoms. The molecule has 122 valence electrons. The standard InChI is InChI=1S/C16H13ClN4OS2/c1-10-8-13(11-2-4-12(17)5-3-11)20-16(19-10)24-9-14(22)21-15-18-6-7-23-15/h2-8H,9H2,1H3,(H,18,21,22). The number of thiazole rings is 1. The Kier molecular flexibility index (Phi) is 5.44. The normalized spacial score (nSPS) is 10.6. The lowest BCUT2D eigenvalue weighted by molar-refractivity contribution is -0.113. The van der Waals surface area contributed by atoms with Crippen LogP contribution in [0, 0.1) is 6.92 Å². The van der Waals surface area contributed by atoms with E-state index in [1.807, 2.05) is 42.6 Å². The molecule has 1 amide bonds. The van der Waals surface area contributed by atoms with Crippen molar-refractivity contribution >= 4 is 45.7 Å². The van der Waals surface area contributed by atoms with Gasteiger partial charge >= 0.3 is 0 Å². The number of hydrogen-bond donors (Lipinski definition) is 1. The number of anilines is 1. The molecule has 2 heterocycles. The van der Waals surface area contributed by atoms with Gasteiger partial charge in [-0.25, -0.2) is 15.0 Å². The number of nitrogens with zero attached hydrogens (tertiary/aromatic N) is 3. The number of rotatable bonds is 5. The van der Waals surface area contributed by atoms with Crippen LogP contribution in [0.4, 0.5) is 5.13 Å². The monoisotopic (exact) mass is 376 g/mol. The van der Waals surface area contributed by atoms with E-state index in [0.717, 1.165) is 17.0 Å². The van der Waals surface area contributed by atoms with Crippen molar-refractivity contribution < 1.29 is 4.79 Å². The molecule has 5 nitrogen and oxygen atoms in total. The van der Waals surface area contributed by atoms with Crippen LogP contribution >= 0.6 is 34.7 Å². The molecule has 0 saturated carbocycles. The third kappa shape index (κ3) is 4.53. The molecule has 0 fully saturated rings. The minimum absolute atomic E-state index is 0.131. The van der Waals surface area contributed by atoms with Crippen molar-refractivity contribution in [1.29, 1.82) is 0 Å². The van der Waals surface area contributed by atoms with Crippen molar-refractivity contribution in [3.05, 3.63) is 52.6 Å². The number of hydrogen-bond acceptors (Lipinski definition) is 6. The molecule has 0 aliphatic rings.